The van der Waals surface area contributed by atoms with Gasteiger partial charge in [0.15, 0.2) is 12.4 Å². The van der Waals surface area contributed by atoms with Crippen molar-refractivity contribution in [3.05, 3.63) is 53.5 Å². The van der Waals surface area contributed by atoms with Crippen LogP contribution in [0.4, 0.5) is 5.69 Å². The molecule has 11 nitrogen and oxygen atoms in total. The van der Waals surface area contributed by atoms with E-state index < -0.39 is 42.4 Å². The first kappa shape index (κ1) is 25.1. The lowest BCUT2D eigenvalue weighted by Gasteiger charge is -2.20. The van der Waals surface area contributed by atoms with Crippen LogP contribution in [0.25, 0.3) is 0 Å². The Kier molecular flexibility index (Phi) is 8.72. The predicted octanol–water partition coefficient (Wildman–Crippen LogP) is 1.79. The van der Waals surface area contributed by atoms with Crippen LogP contribution >= 0.6 is 0 Å². The second-order valence-corrected chi connectivity index (χ2v) is 7.07. The Labute approximate surface area is 189 Å². The molecule has 0 aliphatic carbocycles. The van der Waals surface area contributed by atoms with E-state index in [0.717, 1.165) is 7.11 Å². The lowest BCUT2D eigenvalue weighted by molar-refractivity contribution is -0.150. The van der Waals surface area contributed by atoms with Crippen LogP contribution in [0.2, 0.25) is 0 Å². The van der Waals surface area contributed by atoms with Crippen LogP contribution in [0.15, 0.2) is 41.0 Å². The quantitative estimate of drug-likeness (QED) is 0.422. The minimum atomic E-state index is -1.04. The molecule has 0 bridgehead atoms. The molecule has 0 radical (unpaired) electrons. The molecular formula is C22H24N2O9. The summed E-state index contributed by atoms with van der Waals surface area (Å²) in [6.45, 7) is 2.67. The number of carbonyl (C=O) groups excluding carboxylic acids is 5. The number of furan rings is 1. The normalized spacial score (nSPS) is 11.3. The van der Waals surface area contributed by atoms with Crippen molar-refractivity contribution in [3.63, 3.8) is 0 Å². The zero-order chi connectivity index (χ0) is 24.5. The number of anilines is 1. The van der Waals surface area contributed by atoms with Crippen molar-refractivity contribution >= 4 is 35.4 Å². The molecule has 1 aromatic carbocycles. The highest BCUT2D eigenvalue weighted by Crippen LogP contribution is 2.20. The van der Waals surface area contributed by atoms with Gasteiger partial charge in [-0.3, -0.25) is 9.59 Å². The number of hydrogen-bond acceptors (Lipinski definition) is 9. The first-order valence-electron chi connectivity index (χ1n) is 9.79. The summed E-state index contributed by atoms with van der Waals surface area (Å²) in [6, 6.07) is 5.79. The lowest BCUT2D eigenvalue weighted by atomic mass is 10.0. The van der Waals surface area contributed by atoms with Gasteiger partial charge in [-0.2, -0.15) is 0 Å². The van der Waals surface area contributed by atoms with Gasteiger partial charge in [-0.1, -0.05) is 13.8 Å². The zero-order valence-corrected chi connectivity index (χ0v) is 18.5. The minimum Gasteiger partial charge on any atom is -0.465 e. The van der Waals surface area contributed by atoms with Crippen molar-refractivity contribution in [2.24, 2.45) is 5.92 Å². The topological polar surface area (TPSA) is 150 Å². The second kappa shape index (κ2) is 11.5. The van der Waals surface area contributed by atoms with Crippen LogP contribution < -0.4 is 10.6 Å². The van der Waals surface area contributed by atoms with Crippen LogP contribution in [-0.4, -0.2) is 56.6 Å². The Morgan fingerprint density at radius 1 is 1.00 bits per heavy atom. The molecule has 11 heteroatoms. The van der Waals surface area contributed by atoms with Crippen molar-refractivity contribution in [1.82, 2.24) is 5.32 Å². The molecule has 0 saturated heterocycles. The number of amides is 2. The summed E-state index contributed by atoms with van der Waals surface area (Å²) in [5.74, 6) is -3.98. The Balaban J connectivity index is 2.07. The fourth-order valence-corrected chi connectivity index (χ4v) is 2.71. The molecule has 0 fully saturated rings. The fraction of sp³-hybridized carbons (Fsp3) is 0.318. The molecule has 2 amide bonds. The van der Waals surface area contributed by atoms with Gasteiger partial charge >= 0.3 is 17.9 Å². The van der Waals surface area contributed by atoms with E-state index in [2.05, 4.69) is 20.1 Å². The third-order valence-corrected chi connectivity index (χ3v) is 4.42. The molecule has 33 heavy (non-hydrogen) atoms. The van der Waals surface area contributed by atoms with Crippen molar-refractivity contribution in [2.45, 2.75) is 19.9 Å². The molecule has 0 aliphatic rings. The smallest absolute Gasteiger partial charge is 0.339 e. The van der Waals surface area contributed by atoms with E-state index in [1.165, 1.54) is 43.7 Å². The monoisotopic (exact) mass is 460 g/mol. The van der Waals surface area contributed by atoms with Crippen molar-refractivity contribution in [3.8, 4) is 0 Å². The van der Waals surface area contributed by atoms with E-state index in [-0.39, 0.29) is 28.5 Å². The number of nitrogens with one attached hydrogen (secondary N) is 2. The summed E-state index contributed by atoms with van der Waals surface area (Å²) >= 11 is 0. The molecule has 1 aromatic heterocycles. The molecule has 176 valence electrons. The number of esters is 3. The molecule has 0 aliphatic heterocycles. The lowest BCUT2D eigenvalue weighted by Crippen LogP contribution is -2.45. The van der Waals surface area contributed by atoms with E-state index in [0.29, 0.717) is 0 Å². The van der Waals surface area contributed by atoms with E-state index in [9.17, 15) is 24.0 Å². The average molecular weight is 460 g/mol. The maximum absolute atomic E-state index is 12.5. The van der Waals surface area contributed by atoms with Gasteiger partial charge in [-0.15, -0.1) is 0 Å². The number of ether oxygens (including phenoxy) is 3. The van der Waals surface area contributed by atoms with Crippen LogP contribution in [0.1, 0.15) is 45.1 Å². The number of rotatable bonds is 9. The molecule has 2 aromatic rings. The first-order valence-corrected chi connectivity index (χ1v) is 9.79. The summed E-state index contributed by atoms with van der Waals surface area (Å²) in [5.41, 5.74) is 0.0332. The molecule has 0 spiro atoms. The fourth-order valence-electron chi connectivity index (χ4n) is 2.71. The average Bonchev–Trinajstić information content (AvgIpc) is 3.34. The van der Waals surface area contributed by atoms with Crippen LogP contribution in [0, 0.1) is 5.92 Å². The van der Waals surface area contributed by atoms with Crippen LogP contribution in [0.3, 0.4) is 0 Å². The molecule has 1 heterocycles. The Bertz CT molecular complexity index is 1030. The highest BCUT2D eigenvalue weighted by Gasteiger charge is 2.28. The van der Waals surface area contributed by atoms with Crippen molar-refractivity contribution in [1.29, 1.82) is 0 Å². The van der Waals surface area contributed by atoms with Crippen molar-refractivity contribution < 1.29 is 42.6 Å². The number of carbonyl (C=O) groups is 5. The molecular weight excluding hydrogens is 436 g/mol. The summed E-state index contributed by atoms with van der Waals surface area (Å²) < 4.78 is 19.3. The molecule has 0 saturated carbocycles. The number of benzene rings is 1. The largest absolute Gasteiger partial charge is 0.465 e. The van der Waals surface area contributed by atoms with Gasteiger partial charge in [0.25, 0.3) is 11.8 Å². The highest BCUT2D eigenvalue weighted by atomic mass is 16.5. The summed E-state index contributed by atoms with van der Waals surface area (Å²) in [6.07, 6.45) is 1.32. The van der Waals surface area contributed by atoms with E-state index in [1.807, 2.05) is 0 Å². The van der Waals surface area contributed by atoms with E-state index in [4.69, 9.17) is 9.15 Å². The van der Waals surface area contributed by atoms with Crippen molar-refractivity contribution in [2.75, 3.05) is 26.1 Å². The Hall–Kier alpha value is -4.15. The maximum Gasteiger partial charge on any atom is 0.339 e. The summed E-state index contributed by atoms with van der Waals surface area (Å²) in [4.78, 5) is 60.8. The van der Waals surface area contributed by atoms with Crippen LogP contribution in [-0.2, 0) is 23.8 Å². The molecule has 1 unspecified atom stereocenters. The molecule has 1 atom stereocenters. The summed E-state index contributed by atoms with van der Waals surface area (Å²) in [7, 11) is 2.34. The summed E-state index contributed by atoms with van der Waals surface area (Å²) in [5, 5.41) is 4.90. The van der Waals surface area contributed by atoms with Gasteiger partial charge in [0.1, 0.15) is 6.04 Å². The second-order valence-electron chi connectivity index (χ2n) is 7.07. The Morgan fingerprint density at radius 3 is 2.27 bits per heavy atom. The minimum absolute atomic E-state index is 0.0180. The van der Waals surface area contributed by atoms with Gasteiger partial charge in [0, 0.05) is 0 Å². The van der Waals surface area contributed by atoms with E-state index >= 15 is 0 Å². The number of hydrogen-bond donors (Lipinski definition) is 2. The van der Waals surface area contributed by atoms with Gasteiger partial charge in [-0.25, -0.2) is 14.4 Å². The van der Waals surface area contributed by atoms with Gasteiger partial charge < -0.3 is 29.3 Å². The Morgan fingerprint density at radius 2 is 1.70 bits per heavy atom. The van der Waals surface area contributed by atoms with E-state index in [1.54, 1.807) is 13.8 Å². The SMILES string of the molecule is COC(=O)c1ccc(C(=O)OC)c(NC(=O)COC(=O)C(NC(=O)c2ccco2)C(C)C)c1. The number of methoxy groups -OCH3 is 2. The third kappa shape index (κ3) is 6.66. The van der Waals surface area contributed by atoms with Gasteiger partial charge in [0.05, 0.1) is 37.3 Å². The molecule has 2 rings (SSSR count). The van der Waals surface area contributed by atoms with Gasteiger partial charge in [0.2, 0.25) is 0 Å². The van der Waals surface area contributed by atoms with Crippen LogP contribution in [0.5, 0.6) is 0 Å². The van der Waals surface area contributed by atoms with Gasteiger partial charge in [-0.05, 0) is 36.2 Å². The zero-order valence-electron chi connectivity index (χ0n) is 18.5. The maximum atomic E-state index is 12.5. The first-order chi connectivity index (χ1) is 15.7. The molecule has 2 N–H and O–H groups in total. The third-order valence-electron chi connectivity index (χ3n) is 4.42. The highest BCUT2D eigenvalue weighted by molar-refractivity contribution is 6.04. The predicted molar refractivity (Wildman–Crippen MR) is 114 cm³/mol. The standard InChI is InChI=1S/C22H24N2O9/c1-12(2)18(24-19(26)16-6-5-9-32-16)22(29)33-11-17(25)23-15-10-13(20(27)30-3)7-8-14(15)21(28)31-4/h5-10,12,18H,11H2,1-4H3,(H,23,25)(H,24,26).